The molecule has 0 spiro atoms. The molecule has 0 aliphatic carbocycles. The minimum atomic E-state index is -0.321. The predicted octanol–water partition coefficient (Wildman–Crippen LogP) is 2.75. The topological polar surface area (TPSA) is 108 Å². The standard InChI is InChI=1S/C20H19N5O4/c1-13-7-4-5-8-14(13)19(26)25-22-12-15-16(9-6-10-21-15)29-20-23-17(27-2)11-18(24-20)28-3/h4-12H,1-3H3,(H,25,26)/b22-12+. The lowest BCUT2D eigenvalue weighted by Crippen LogP contribution is -2.18. The average molecular weight is 393 g/mol. The van der Waals surface area contributed by atoms with E-state index >= 15 is 0 Å². The van der Waals surface area contributed by atoms with Crippen molar-refractivity contribution in [3.8, 4) is 23.5 Å². The number of hydrogen-bond donors (Lipinski definition) is 1. The molecule has 9 nitrogen and oxygen atoms in total. The maximum Gasteiger partial charge on any atom is 0.328 e. The fourth-order valence-electron chi connectivity index (χ4n) is 2.36. The number of rotatable bonds is 7. The lowest BCUT2D eigenvalue weighted by Gasteiger charge is -2.08. The van der Waals surface area contributed by atoms with Crippen molar-refractivity contribution >= 4 is 12.1 Å². The van der Waals surface area contributed by atoms with Crippen molar-refractivity contribution in [2.24, 2.45) is 5.10 Å². The van der Waals surface area contributed by atoms with Crippen LogP contribution in [0.25, 0.3) is 0 Å². The van der Waals surface area contributed by atoms with Gasteiger partial charge in [-0.05, 0) is 30.7 Å². The van der Waals surface area contributed by atoms with Gasteiger partial charge in [0.05, 0.1) is 26.5 Å². The van der Waals surface area contributed by atoms with Crippen LogP contribution in [0.3, 0.4) is 0 Å². The van der Waals surface area contributed by atoms with Gasteiger partial charge in [-0.1, -0.05) is 18.2 Å². The van der Waals surface area contributed by atoms with E-state index in [1.807, 2.05) is 19.1 Å². The maximum atomic E-state index is 12.2. The molecular weight excluding hydrogens is 374 g/mol. The van der Waals surface area contributed by atoms with E-state index in [1.165, 1.54) is 26.5 Å². The van der Waals surface area contributed by atoms with Crippen molar-refractivity contribution in [3.05, 3.63) is 65.5 Å². The van der Waals surface area contributed by atoms with E-state index in [0.717, 1.165) is 5.56 Å². The third-order valence-electron chi connectivity index (χ3n) is 3.82. The molecule has 2 aromatic heterocycles. The highest BCUT2D eigenvalue weighted by Gasteiger charge is 2.11. The van der Waals surface area contributed by atoms with Gasteiger partial charge in [-0.15, -0.1) is 0 Å². The van der Waals surface area contributed by atoms with Crippen LogP contribution in [0.2, 0.25) is 0 Å². The normalized spacial score (nSPS) is 10.6. The summed E-state index contributed by atoms with van der Waals surface area (Å²) < 4.78 is 15.9. The van der Waals surface area contributed by atoms with Gasteiger partial charge < -0.3 is 14.2 Å². The highest BCUT2D eigenvalue weighted by atomic mass is 16.5. The van der Waals surface area contributed by atoms with Crippen LogP contribution in [0.1, 0.15) is 21.6 Å². The second-order valence-corrected chi connectivity index (χ2v) is 5.74. The predicted molar refractivity (Wildman–Crippen MR) is 106 cm³/mol. The van der Waals surface area contributed by atoms with Crippen molar-refractivity contribution in [2.45, 2.75) is 6.92 Å². The van der Waals surface area contributed by atoms with Gasteiger partial charge in [0.25, 0.3) is 5.91 Å². The molecule has 3 aromatic rings. The summed E-state index contributed by atoms with van der Waals surface area (Å²) in [6, 6.07) is 12.1. The first kappa shape index (κ1) is 19.7. The van der Waals surface area contributed by atoms with Crippen LogP contribution in [-0.2, 0) is 0 Å². The molecule has 2 heterocycles. The summed E-state index contributed by atoms with van der Waals surface area (Å²) in [6.45, 7) is 1.85. The minimum Gasteiger partial charge on any atom is -0.481 e. The zero-order valence-electron chi connectivity index (χ0n) is 16.1. The maximum absolute atomic E-state index is 12.2. The number of pyridine rings is 1. The van der Waals surface area contributed by atoms with E-state index in [4.69, 9.17) is 14.2 Å². The number of carbonyl (C=O) groups is 1. The SMILES string of the molecule is COc1cc(OC)nc(Oc2cccnc2/C=N/NC(=O)c2ccccc2C)n1. The molecule has 9 heteroatoms. The van der Waals surface area contributed by atoms with Crippen LogP contribution in [0.15, 0.2) is 53.8 Å². The molecule has 0 saturated heterocycles. The number of aromatic nitrogens is 3. The van der Waals surface area contributed by atoms with Crippen molar-refractivity contribution in [1.29, 1.82) is 0 Å². The molecule has 0 fully saturated rings. The summed E-state index contributed by atoms with van der Waals surface area (Å²) in [5.74, 6) is 0.600. The number of ether oxygens (including phenoxy) is 3. The molecule has 1 amide bonds. The van der Waals surface area contributed by atoms with Gasteiger partial charge in [-0.2, -0.15) is 15.1 Å². The number of aryl methyl sites for hydroxylation is 1. The highest BCUT2D eigenvalue weighted by Crippen LogP contribution is 2.24. The number of hydrogen-bond acceptors (Lipinski definition) is 8. The van der Waals surface area contributed by atoms with E-state index < -0.39 is 0 Å². The summed E-state index contributed by atoms with van der Waals surface area (Å²) in [5.41, 5.74) is 4.25. The number of nitrogens with zero attached hydrogens (tertiary/aromatic N) is 4. The Morgan fingerprint density at radius 3 is 2.48 bits per heavy atom. The Morgan fingerprint density at radius 1 is 1.07 bits per heavy atom. The zero-order valence-corrected chi connectivity index (χ0v) is 16.1. The Hall–Kier alpha value is -4.01. The average Bonchev–Trinajstić information content (AvgIpc) is 2.74. The van der Waals surface area contributed by atoms with Crippen LogP contribution in [0, 0.1) is 6.92 Å². The Bertz CT molecular complexity index is 1020. The number of carbonyl (C=O) groups excluding carboxylic acids is 1. The Kier molecular flexibility index (Phi) is 6.31. The third kappa shape index (κ3) is 5.04. The molecule has 0 bridgehead atoms. The molecule has 0 unspecified atom stereocenters. The number of hydrazone groups is 1. The van der Waals surface area contributed by atoms with Crippen LogP contribution in [0.4, 0.5) is 0 Å². The van der Waals surface area contributed by atoms with Gasteiger partial charge >= 0.3 is 6.01 Å². The summed E-state index contributed by atoms with van der Waals surface area (Å²) in [6.07, 6.45) is 2.95. The molecule has 0 saturated carbocycles. The molecule has 3 rings (SSSR count). The molecule has 0 aliphatic heterocycles. The summed E-state index contributed by atoms with van der Waals surface area (Å²) >= 11 is 0. The number of amides is 1. The zero-order chi connectivity index (χ0) is 20.6. The van der Waals surface area contributed by atoms with Crippen LogP contribution in [0.5, 0.6) is 23.5 Å². The van der Waals surface area contributed by atoms with Crippen LogP contribution >= 0.6 is 0 Å². The molecule has 0 aliphatic rings. The van der Waals surface area contributed by atoms with Crippen molar-refractivity contribution in [3.63, 3.8) is 0 Å². The Labute approximate surface area is 167 Å². The molecule has 1 N–H and O–H groups in total. The van der Waals surface area contributed by atoms with Crippen LogP contribution < -0.4 is 19.6 Å². The fraction of sp³-hybridized carbons (Fsp3) is 0.150. The van der Waals surface area contributed by atoms with E-state index in [0.29, 0.717) is 17.0 Å². The minimum absolute atomic E-state index is 0.0211. The van der Waals surface area contributed by atoms with Gasteiger partial charge in [0, 0.05) is 11.8 Å². The smallest absolute Gasteiger partial charge is 0.328 e. The van der Waals surface area contributed by atoms with Gasteiger partial charge in [0.1, 0.15) is 5.69 Å². The molecule has 0 atom stereocenters. The van der Waals surface area contributed by atoms with E-state index in [-0.39, 0.29) is 23.7 Å². The second-order valence-electron chi connectivity index (χ2n) is 5.74. The lowest BCUT2D eigenvalue weighted by molar-refractivity contribution is 0.0954. The van der Waals surface area contributed by atoms with Gasteiger partial charge in [-0.3, -0.25) is 9.78 Å². The number of methoxy groups -OCH3 is 2. The van der Waals surface area contributed by atoms with E-state index in [9.17, 15) is 4.79 Å². The molecular formula is C20H19N5O4. The van der Waals surface area contributed by atoms with E-state index in [1.54, 1.807) is 30.5 Å². The van der Waals surface area contributed by atoms with Crippen LogP contribution in [-0.4, -0.2) is 41.3 Å². The Morgan fingerprint density at radius 2 is 1.79 bits per heavy atom. The number of nitrogens with one attached hydrogen (secondary N) is 1. The van der Waals surface area contributed by atoms with Gasteiger partial charge in [0.15, 0.2) is 5.75 Å². The largest absolute Gasteiger partial charge is 0.481 e. The van der Waals surface area contributed by atoms with Crippen molar-refractivity contribution in [1.82, 2.24) is 20.4 Å². The third-order valence-corrected chi connectivity index (χ3v) is 3.82. The monoisotopic (exact) mass is 393 g/mol. The molecule has 29 heavy (non-hydrogen) atoms. The van der Waals surface area contributed by atoms with Gasteiger partial charge in [-0.25, -0.2) is 5.43 Å². The number of benzene rings is 1. The summed E-state index contributed by atoms with van der Waals surface area (Å²) in [7, 11) is 2.95. The molecule has 1 aromatic carbocycles. The van der Waals surface area contributed by atoms with Crippen molar-refractivity contribution in [2.75, 3.05) is 14.2 Å². The first-order valence-electron chi connectivity index (χ1n) is 8.59. The van der Waals surface area contributed by atoms with Crippen molar-refractivity contribution < 1.29 is 19.0 Å². The first-order chi connectivity index (χ1) is 14.1. The van der Waals surface area contributed by atoms with Gasteiger partial charge in [0.2, 0.25) is 11.8 Å². The second kappa shape index (κ2) is 9.27. The molecule has 0 radical (unpaired) electrons. The summed E-state index contributed by atoms with van der Waals surface area (Å²) in [4.78, 5) is 24.7. The first-order valence-corrected chi connectivity index (χ1v) is 8.59. The molecule has 148 valence electrons. The van der Waals surface area contributed by atoms with E-state index in [2.05, 4.69) is 25.5 Å². The quantitative estimate of drug-likeness (QED) is 0.486. The highest BCUT2D eigenvalue weighted by molar-refractivity contribution is 5.96. The lowest BCUT2D eigenvalue weighted by atomic mass is 10.1. The summed E-state index contributed by atoms with van der Waals surface area (Å²) in [5, 5.41) is 3.97. The fourth-order valence-corrected chi connectivity index (χ4v) is 2.36. The Balaban J connectivity index is 1.76.